The molecule has 6 nitrogen and oxygen atoms in total. The first-order chi connectivity index (χ1) is 8.24. The Kier molecular flexibility index (Phi) is 2.44. The fourth-order valence-electron chi connectivity index (χ4n) is 2.17. The topological polar surface area (TPSA) is 49.6 Å². The molecule has 0 atom stereocenters. The number of likely N-dealkylation sites (N-methyl/N-ethyl adjacent to an activating group) is 1. The lowest BCUT2D eigenvalue weighted by Crippen LogP contribution is -2.45. The summed E-state index contributed by atoms with van der Waals surface area (Å²) < 4.78 is 1.82. The number of hydrogen-bond donors (Lipinski definition) is 0. The van der Waals surface area contributed by atoms with Gasteiger partial charge in [-0.1, -0.05) is 0 Å². The second-order valence-electron chi connectivity index (χ2n) is 4.52. The van der Waals surface area contributed by atoms with Gasteiger partial charge in [0.05, 0.1) is 0 Å². The number of piperazine rings is 1. The minimum atomic E-state index is 0.680. The van der Waals surface area contributed by atoms with E-state index in [4.69, 9.17) is 0 Å². The van der Waals surface area contributed by atoms with Crippen LogP contribution in [0.1, 0.15) is 5.69 Å². The molecule has 0 spiro atoms. The summed E-state index contributed by atoms with van der Waals surface area (Å²) in [6, 6.07) is 2.08. The maximum Gasteiger partial charge on any atom is 0.254 e. The molecule has 1 aliphatic rings. The minimum absolute atomic E-state index is 0.680. The molecule has 1 aliphatic heterocycles. The number of fused-ring (bicyclic) bond motifs is 1. The van der Waals surface area contributed by atoms with Gasteiger partial charge in [-0.15, -0.1) is 0 Å². The van der Waals surface area contributed by atoms with Crippen LogP contribution < -0.4 is 4.90 Å². The highest BCUT2D eigenvalue weighted by Crippen LogP contribution is 2.17. The van der Waals surface area contributed by atoms with Crippen molar-refractivity contribution in [3.63, 3.8) is 0 Å². The first-order valence-electron chi connectivity index (χ1n) is 5.85. The summed E-state index contributed by atoms with van der Waals surface area (Å²) in [7, 11) is 2.15. The highest BCUT2D eigenvalue weighted by atomic mass is 15.4. The van der Waals surface area contributed by atoms with Crippen molar-refractivity contribution in [3.05, 3.63) is 18.1 Å². The number of anilines is 1. The van der Waals surface area contributed by atoms with Gasteiger partial charge >= 0.3 is 0 Å². The number of aromatic nitrogens is 4. The van der Waals surface area contributed by atoms with Crippen LogP contribution in [0, 0.1) is 6.92 Å². The number of rotatable bonds is 1. The van der Waals surface area contributed by atoms with Crippen LogP contribution >= 0.6 is 0 Å². The Hall–Kier alpha value is -1.69. The maximum atomic E-state index is 4.36. The molecule has 2 aromatic heterocycles. The van der Waals surface area contributed by atoms with Crippen molar-refractivity contribution in [2.75, 3.05) is 38.1 Å². The third-order valence-electron chi connectivity index (χ3n) is 3.19. The zero-order chi connectivity index (χ0) is 11.8. The molecule has 0 aromatic carbocycles. The highest BCUT2D eigenvalue weighted by molar-refractivity contribution is 5.47. The third-order valence-corrected chi connectivity index (χ3v) is 3.19. The van der Waals surface area contributed by atoms with Crippen LogP contribution in [0.3, 0.4) is 0 Å². The molecule has 3 heterocycles. The molecule has 0 unspecified atom stereocenters. The Morgan fingerprint density at radius 2 is 1.94 bits per heavy atom. The van der Waals surface area contributed by atoms with Crippen molar-refractivity contribution in [3.8, 4) is 0 Å². The Morgan fingerprint density at radius 1 is 1.18 bits per heavy atom. The average molecular weight is 232 g/mol. The van der Waals surface area contributed by atoms with E-state index < -0.39 is 0 Å². The van der Waals surface area contributed by atoms with Crippen LogP contribution in [0.15, 0.2) is 12.4 Å². The quantitative estimate of drug-likeness (QED) is 0.702. The smallest absolute Gasteiger partial charge is 0.254 e. The summed E-state index contributed by atoms with van der Waals surface area (Å²) in [6.07, 6.45) is 1.56. The van der Waals surface area contributed by atoms with Gasteiger partial charge in [-0.3, -0.25) is 0 Å². The molecule has 0 N–H and O–H groups in total. The normalized spacial score (nSPS) is 17.9. The molecule has 0 radical (unpaired) electrons. The lowest BCUT2D eigenvalue weighted by atomic mass is 10.3. The van der Waals surface area contributed by atoms with Gasteiger partial charge in [0.2, 0.25) is 0 Å². The van der Waals surface area contributed by atoms with Gasteiger partial charge in [0.25, 0.3) is 5.78 Å². The van der Waals surface area contributed by atoms with E-state index in [-0.39, 0.29) is 0 Å². The van der Waals surface area contributed by atoms with Crippen molar-refractivity contribution in [2.24, 2.45) is 0 Å². The lowest BCUT2D eigenvalue weighted by molar-refractivity contribution is 0.311. The molecule has 6 heteroatoms. The van der Waals surface area contributed by atoms with E-state index >= 15 is 0 Å². The van der Waals surface area contributed by atoms with E-state index in [0.717, 1.165) is 37.7 Å². The molecule has 0 bridgehead atoms. The monoisotopic (exact) mass is 232 g/mol. The van der Waals surface area contributed by atoms with Crippen LogP contribution in [0.4, 0.5) is 5.82 Å². The Balaban J connectivity index is 2.01. The summed E-state index contributed by atoms with van der Waals surface area (Å²) in [6.45, 7) is 6.20. The zero-order valence-corrected chi connectivity index (χ0v) is 10.2. The minimum Gasteiger partial charge on any atom is -0.354 e. The predicted molar refractivity (Wildman–Crippen MR) is 65.2 cm³/mol. The van der Waals surface area contributed by atoms with Gasteiger partial charge in [0.15, 0.2) is 0 Å². The SMILES string of the molecule is Cc1cc(N2CCN(C)CC2)n2ncnc2n1. The van der Waals surface area contributed by atoms with Gasteiger partial charge in [0.1, 0.15) is 12.1 Å². The molecular formula is C11H16N6. The number of aryl methyl sites for hydroxylation is 1. The van der Waals surface area contributed by atoms with Crippen molar-refractivity contribution in [1.29, 1.82) is 0 Å². The molecule has 1 fully saturated rings. The van der Waals surface area contributed by atoms with Gasteiger partial charge in [-0.05, 0) is 14.0 Å². The molecule has 1 saturated heterocycles. The van der Waals surface area contributed by atoms with Crippen LogP contribution in [0.25, 0.3) is 5.78 Å². The second kappa shape index (κ2) is 3.96. The Bertz CT molecular complexity index is 526. The van der Waals surface area contributed by atoms with Gasteiger partial charge in [-0.2, -0.15) is 14.6 Å². The van der Waals surface area contributed by atoms with E-state index in [2.05, 4.69) is 38.0 Å². The number of nitrogens with zero attached hydrogens (tertiary/aromatic N) is 6. The molecule has 90 valence electrons. The summed E-state index contributed by atoms with van der Waals surface area (Å²) in [5.74, 6) is 1.78. The summed E-state index contributed by atoms with van der Waals surface area (Å²) >= 11 is 0. The molecular weight excluding hydrogens is 216 g/mol. The van der Waals surface area contributed by atoms with Crippen molar-refractivity contribution in [2.45, 2.75) is 6.92 Å². The van der Waals surface area contributed by atoms with E-state index in [1.807, 2.05) is 11.4 Å². The largest absolute Gasteiger partial charge is 0.354 e. The van der Waals surface area contributed by atoms with E-state index in [0.29, 0.717) is 5.78 Å². The van der Waals surface area contributed by atoms with Crippen LogP contribution in [-0.4, -0.2) is 57.7 Å². The zero-order valence-electron chi connectivity index (χ0n) is 10.2. The van der Waals surface area contributed by atoms with Gasteiger partial charge in [0, 0.05) is 37.9 Å². The van der Waals surface area contributed by atoms with E-state index in [1.165, 1.54) is 0 Å². The molecule has 17 heavy (non-hydrogen) atoms. The second-order valence-corrected chi connectivity index (χ2v) is 4.52. The average Bonchev–Trinajstić information content (AvgIpc) is 2.77. The first-order valence-corrected chi connectivity index (χ1v) is 5.85. The predicted octanol–water partition coefficient (Wildman–Crippen LogP) is 0.185. The third kappa shape index (κ3) is 1.84. The Labute approximate surface area is 99.9 Å². The van der Waals surface area contributed by atoms with Crippen LogP contribution in [0.2, 0.25) is 0 Å². The highest BCUT2D eigenvalue weighted by Gasteiger charge is 2.17. The van der Waals surface area contributed by atoms with Crippen molar-refractivity contribution < 1.29 is 0 Å². The number of hydrogen-bond acceptors (Lipinski definition) is 5. The van der Waals surface area contributed by atoms with E-state index in [1.54, 1.807) is 6.33 Å². The summed E-state index contributed by atoms with van der Waals surface area (Å²) in [5, 5.41) is 4.24. The fraction of sp³-hybridized carbons (Fsp3) is 0.545. The van der Waals surface area contributed by atoms with Crippen LogP contribution in [-0.2, 0) is 0 Å². The Morgan fingerprint density at radius 3 is 2.71 bits per heavy atom. The summed E-state index contributed by atoms with van der Waals surface area (Å²) in [5.41, 5.74) is 0.986. The van der Waals surface area contributed by atoms with E-state index in [9.17, 15) is 0 Å². The molecule has 2 aromatic rings. The molecule has 0 saturated carbocycles. The molecule has 0 aliphatic carbocycles. The summed E-state index contributed by atoms with van der Waals surface area (Å²) in [4.78, 5) is 13.2. The first kappa shape index (κ1) is 10.5. The molecule has 0 amide bonds. The van der Waals surface area contributed by atoms with Crippen molar-refractivity contribution >= 4 is 11.6 Å². The van der Waals surface area contributed by atoms with Gasteiger partial charge < -0.3 is 9.80 Å². The van der Waals surface area contributed by atoms with Gasteiger partial charge in [-0.25, -0.2) is 4.98 Å². The lowest BCUT2D eigenvalue weighted by Gasteiger charge is -2.33. The van der Waals surface area contributed by atoms with Crippen LogP contribution in [0.5, 0.6) is 0 Å². The fourth-order valence-corrected chi connectivity index (χ4v) is 2.17. The molecule has 3 rings (SSSR count). The van der Waals surface area contributed by atoms with Crippen molar-refractivity contribution in [1.82, 2.24) is 24.5 Å². The maximum absolute atomic E-state index is 4.36. The standard InChI is InChI=1S/C11H16N6/c1-9-7-10(16-5-3-15(2)4-6-16)17-11(14-9)12-8-13-17/h7-8H,3-6H2,1-2H3.